The molecule has 3 heterocycles. The highest BCUT2D eigenvalue weighted by Gasteiger charge is 2.46. The van der Waals surface area contributed by atoms with Gasteiger partial charge < -0.3 is 29.3 Å². The molecule has 13 heteroatoms. The summed E-state index contributed by atoms with van der Waals surface area (Å²) in [5, 5.41) is 7.53. The highest BCUT2D eigenvalue weighted by Crippen LogP contribution is 2.45. The minimum absolute atomic E-state index is 0.211. The number of ether oxygens (including phenoxy) is 3. The van der Waals surface area contributed by atoms with E-state index in [4.69, 9.17) is 14.2 Å². The maximum atomic E-state index is 14.3. The van der Waals surface area contributed by atoms with Gasteiger partial charge in [-0.25, -0.2) is 9.48 Å². The summed E-state index contributed by atoms with van der Waals surface area (Å²) in [5.74, 6) is 0.872. The van der Waals surface area contributed by atoms with Crippen molar-refractivity contribution in [2.24, 2.45) is 0 Å². The molecule has 2 aliphatic rings. The summed E-state index contributed by atoms with van der Waals surface area (Å²) in [6, 6.07) is 10.8. The fourth-order valence-corrected chi connectivity index (χ4v) is 5.42. The van der Waals surface area contributed by atoms with E-state index in [1.54, 1.807) is 79.1 Å². The normalized spacial score (nSPS) is 18.7. The molecule has 2 unspecified atom stereocenters. The van der Waals surface area contributed by atoms with Gasteiger partial charge in [0.1, 0.15) is 11.4 Å². The SMILES string of the molecule is COc1ccc(C2CC(C(F)(F)F)n3nc(-c4cccc(C(=O)N5CCN(C(=O)OC(C)(C)C)CC5)c4)cc3N2)cc1OC. The van der Waals surface area contributed by atoms with Gasteiger partial charge in [0.05, 0.1) is 26.0 Å². The van der Waals surface area contributed by atoms with Gasteiger partial charge in [-0.15, -0.1) is 0 Å². The Labute approximate surface area is 253 Å². The van der Waals surface area contributed by atoms with Crippen molar-refractivity contribution in [2.45, 2.75) is 51.1 Å². The van der Waals surface area contributed by atoms with E-state index in [2.05, 4.69) is 10.4 Å². The van der Waals surface area contributed by atoms with Crippen molar-refractivity contribution in [3.05, 3.63) is 59.7 Å². The molecular formula is C31H36F3N5O5. The number of carbonyl (C=O) groups is 2. The van der Waals surface area contributed by atoms with Crippen LogP contribution in [0.2, 0.25) is 0 Å². The van der Waals surface area contributed by atoms with Crippen LogP contribution in [0.1, 0.15) is 55.2 Å². The zero-order valence-electron chi connectivity index (χ0n) is 25.3. The van der Waals surface area contributed by atoms with Gasteiger partial charge in [0.25, 0.3) is 5.91 Å². The lowest BCUT2D eigenvalue weighted by atomic mass is 9.96. The third kappa shape index (κ3) is 6.56. The van der Waals surface area contributed by atoms with Crippen molar-refractivity contribution < 1.29 is 37.0 Å². The molecule has 1 aromatic heterocycles. The van der Waals surface area contributed by atoms with E-state index >= 15 is 0 Å². The first-order valence-corrected chi connectivity index (χ1v) is 14.3. The average Bonchev–Trinajstić information content (AvgIpc) is 3.43. The Morgan fingerprint density at radius 1 is 0.909 bits per heavy atom. The van der Waals surface area contributed by atoms with E-state index in [-0.39, 0.29) is 18.1 Å². The summed E-state index contributed by atoms with van der Waals surface area (Å²) < 4.78 is 59.9. The fourth-order valence-electron chi connectivity index (χ4n) is 5.42. The summed E-state index contributed by atoms with van der Waals surface area (Å²) in [6.45, 7) is 6.71. The monoisotopic (exact) mass is 615 g/mol. The van der Waals surface area contributed by atoms with Crippen LogP contribution >= 0.6 is 0 Å². The van der Waals surface area contributed by atoms with Crippen LogP contribution in [0.25, 0.3) is 11.3 Å². The second-order valence-electron chi connectivity index (χ2n) is 11.8. The van der Waals surface area contributed by atoms with Crippen LogP contribution in [0.4, 0.5) is 23.8 Å². The first-order valence-electron chi connectivity index (χ1n) is 14.3. The van der Waals surface area contributed by atoms with Crippen LogP contribution in [0.3, 0.4) is 0 Å². The minimum atomic E-state index is -4.55. The van der Waals surface area contributed by atoms with E-state index in [0.717, 1.165) is 4.68 Å². The number of anilines is 1. The first kappa shape index (κ1) is 31.0. The Bertz CT molecular complexity index is 1530. The largest absolute Gasteiger partial charge is 0.493 e. The van der Waals surface area contributed by atoms with Crippen molar-refractivity contribution >= 4 is 17.8 Å². The molecule has 1 fully saturated rings. The van der Waals surface area contributed by atoms with Crippen LogP contribution in [0.5, 0.6) is 11.5 Å². The van der Waals surface area contributed by atoms with Gasteiger partial charge in [-0.2, -0.15) is 18.3 Å². The maximum Gasteiger partial charge on any atom is 0.410 e. The van der Waals surface area contributed by atoms with E-state index in [1.807, 2.05) is 0 Å². The number of hydrogen-bond donors (Lipinski definition) is 1. The summed E-state index contributed by atoms with van der Waals surface area (Å²) >= 11 is 0. The number of nitrogens with zero attached hydrogens (tertiary/aromatic N) is 4. The van der Waals surface area contributed by atoms with E-state index in [0.29, 0.717) is 60.1 Å². The smallest absolute Gasteiger partial charge is 0.410 e. The Hall–Kier alpha value is -4.42. The Balaban J connectivity index is 1.35. The summed E-state index contributed by atoms with van der Waals surface area (Å²) in [7, 11) is 2.96. The van der Waals surface area contributed by atoms with Gasteiger partial charge in [-0.3, -0.25) is 4.79 Å². The molecule has 0 bridgehead atoms. The predicted octanol–water partition coefficient (Wildman–Crippen LogP) is 5.92. The van der Waals surface area contributed by atoms with Gasteiger partial charge in [0, 0.05) is 49.8 Å². The van der Waals surface area contributed by atoms with Crippen LogP contribution in [0, 0.1) is 0 Å². The first-order chi connectivity index (χ1) is 20.8. The lowest BCUT2D eigenvalue weighted by Gasteiger charge is -2.35. The Kier molecular flexibility index (Phi) is 8.41. The third-order valence-corrected chi connectivity index (χ3v) is 7.62. The average molecular weight is 616 g/mol. The number of hydrogen-bond acceptors (Lipinski definition) is 7. The van der Waals surface area contributed by atoms with Crippen LogP contribution in [-0.4, -0.2) is 83.8 Å². The molecule has 10 nitrogen and oxygen atoms in total. The van der Waals surface area contributed by atoms with Crippen molar-refractivity contribution in [3.63, 3.8) is 0 Å². The van der Waals surface area contributed by atoms with Gasteiger partial charge in [-0.05, 0) is 50.6 Å². The predicted molar refractivity (Wildman–Crippen MR) is 157 cm³/mol. The topological polar surface area (TPSA) is 98.2 Å². The quantitative estimate of drug-likeness (QED) is 0.381. The molecule has 2 amide bonds. The van der Waals surface area contributed by atoms with Crippen LogP contribution in [-0.2, 0) is 4.74 Å². The fraction of sp³-hybridized carbons (Fsp3) is 0.452. The highest BCUT2D eigenvalue weighted by atomic mass is 19.4. The summed E-state index contributed by atoms with van der Waals surface area (Å²) in [4.78, 5) is 29.0. The van der Waals surface area contributed by atoms with Gasteiger partial charge in [0.2, 0.25) is 0 Å². The molecule has 0 radical (unpaired) electrons. The number of fused-ring (bicyclic) bond motifs is 1. The molecule has 1 saturated heterocycles. The standard InChI is InChI=1S/C31H36F3N5O5/c1-30(2,3)44-29(41)38-13-11-37(12-14-38)28(40)21-8-6-7-19(15-21)23-18-27-35-22(17-26(31(32,33)34)39(27)36-23)20-9-10-24(42-4)25(16-20)43-5/h6-10,15-16,18,22,26,35H,11-14,17H2,1-5H3. The van der Waals surface area contributed by atoms with Crippen LogP contribution in [0.15, 0.2) is 48.5 Å². The number of piperazine rings is 1. The van der Waals surface area contributed by atoms with E-state index in [9.17, 15) is 22.8 Å². The van der Waals surface area contributed by atoms with E-state index in [1.165, 1.54) is 14.2 Å². The maximum absolute atomic E-state index is 14.3. The van der Waals surface area contributed by atoms with Crippen molar-refractivity contribution in [3.8, 4) is 22.8 Å². The molecule has 5 rings (SSSR count). The number of rotatable bonds is 5. The van der Waals surface area contributed by atoms with Gasteiger partial charge in [-0.1, -0.05) is 18.2 Å². The molecule has 2 atom stereocenters. The molecule has 0 aliphatic carbocycles. The number of carbonyl (C=O) groups excluding carboxylic acids is 2. The molecule has 2 aliphatic heterocycles. The molecule has 0 saturated carbocycles. The van der Waals surface area contributed by atoms with Crippen molar-refractivity contribution in [1.29, 1.82) is 0 Å². The summed E-state index contributed by atoms with van der Waals surface area (Å²) in [5.41, 5.74) is 1.19. The minimum Gasteiger partial charge on any atom is -0.493 e. The summed E-state index contributed by atoms with van der Waals surface area (Å²) in [6.07, 6.45) is -5.25. The second-order valence-corrected chi connectivity index (χ2v) is 11.8. The lowest BCUT2D eigenvalue weighted by Crippen LogP contribution is -2.51. The molecule has 236 valence electrons. The van der Waals surface area contributed by atoms with Gasteiger partial charge >= 0.3 is 12.3 Å². The van der Waals surface area contributed by atoms with Crippen molar-refractivity contribution in [2.75, 3.05) is 45.7 Å². The van der Waals surface area contributed by atoms with Crippen molar-refractivity contribution in [1.82, 2.24) is 19.6 Å². The molecule has 0 spiro atoms. The third-order valence-electron chi connectivity index (χ3n) is 7.62. The number of methoxy groups -OCH3 is 2. The molecule has 3 aromatic rings. The second kappa shape index (κ2) is 11.9. The molecule has 44 heavy (non-hydrogen) atoms. The van der Waals surface area contributed by atoms with E-state index < -0.39 is 30.0 Å². The molecule has 1 N–H and O–H groups in total. The van der Waals surface area contributed by atoms with Crippen LogP contribution < -0.4 is 14.8 Å². The number of alkyl halides is 3. The Morgan fingerprint density at radius 2 is 1.59 bits per heavy atom. The lowest BCUT2D eigenvalue weighted by molar-refractivity contribution is -0.173. The number of amides is 2. The number of aromatic nitrogens is 2. The molecule has 2 aromatic carbocycles. The zero-order chi connectivity index (χ0) is 31.8. The zero-order valence-corrected chi connectivity index (χ0v) is 25.3. The Morgan fingerprint density at radius 3 is 2.23 bits per heavy atom. The molecular weight excluding hydrogens is 579 g/mol. The number of halogens is 3. The number of benzene rings is 2. The number of nitrogens with one attached hydrogen (secondary N) is 1. The highest BCUT2D eigenvalue weighted by molar-refractivity contribution is 5.95. The van der Waals surface area contributed by atoms with Gasteiger partial charge in [0.15, 0.2) is 17.5 Å².